The van der Waals surface area contributed by atoms with Crippen molar-refractivity contribution < 1.29 is 60.6 Å². The summed E-state index contributed by atoms with van der Waals surface area (Å²) < 4.78 is 66.6. The molecule has 0 radical (unpaired) electrons. The highest BCUT2D eigenvalue weighted by Crippen LogP contribution is 2.69. The van der Waals surface area contributed by atoms with Gasteiger partial charge in [0.05, 0.1) is 6.33 Å². The third-order valence-corrected chi connectivity index (χ3v) is 8.26. The first kappa shape index (κ1) is 23.6. The molecule has 0 spiro atoms. The number of nitrogens with one attached hydrogen (secondary N) is 1. The summed E-state index contributed by atoms with van der Waals surface area (Å²) in [6.45, 7) is 0. The summed E-state index contributed by atoms with van der Waals surface area (Å²) >= 11 is 0. The van der Waals surface area contributed by atoms with E-state index in [0.717, 1.165) is 10.9 Å². The molecule has 2 aromatic heterocycles. The van der Waals surface area contributed by atoms with Gasteiger partial charge in [-0.3, -0.25) is 18.9 Å². The van der Waals surface area contributed by atoms with E-state index < -0.39 is 59.2 Å². The highest BCUT2D eigenvalue weighted by atomic mass is 31.3. The molecule has 1 aliphatic carbocycles. The van der Waals surface area contributed by atoms with Gasteiger partial charge in [0.2, 0.25) is 5.95 Å². The molecule has 178 valence electrons. The van der Waals surface area contributed by atoms with Crippen molar-refractivity contribution in [3.05, 3.63) is 16.7 Å². The zero-order valence-corrected chi connectivity index (χ0v) is 17.7. The van der Waals surface area contributed by atoms with Crippen LogP contribution in [-0.2, 0) is 31.6 Å². The first-order valence-electron chi connectivity index (χ1n) is 8.10. The molecule has 8 N–H and O–H groups in total. The maximum Gasteiger partial charge on any atom is 0.490 e. The lowest BCUT2D eigenvalue weighted by atomic mass is 10.2. The lowest BCUT2D eigenvalue weighted by Gasteiger charge is -2.23. The van der Waals surface area contributed by atoms with E-state index in [-0.39, 0.29) is 17.1 Å². The second-order valence-electron chi connectivity index (χ2n) is 6.63. The van der Waals surface area contributed by atoms with Gasteiger partial charge in [0.25, 0.3) is 5.56 Å². The number of anilines is 1. The molecular formula is C10H13FN5O13P3. The van der Waals surface area contributed by atoms with Gasteiger partial charge in [-0.05, 0) is 0 Å². The van der Waals surface area contributed by atoms with Crippen molar-refractivity contribution >= 4 is 40.6 Å². The Labute approximate surface area is 174 Å². The number of fused-ring (bicyclic) bond motifs is 2. The number of halogens is 1. The molecule has 32 heavy (non-hydrogen) atoms. The molecule has 2 fully saturated rings. The highest BCUT2D eigenvalue weighted by molar-refractivity contribution is 7.66. The first-order valence-corrected chi connectivity index (χ1v) is 12.6. The number of imidazole rings is 1. The third kappa shape index (κ3) is 4.07. The Morgan fingerprint density at radius 1 is 1.22 bits per heavy atom. The Hall–Kier alpha value is -1.59. The smallest absolute Gasteiger partial charge is 0.381 e. The van der Waals surface area contributed by atoms with E-state index in [9.17, 15) is 32.9 Å². The second kappa shape index (κ2) is 7.20. The summed E-state index contributed by atoms with van der Waals surface area (Å²) in [6, 6.07) is 0. The summed E-state index contributed by atoms with van der Waals surface area (Å²) in [5, 5.41) is 10.4. The van der Waals surface area contributed by atoms with Crippen LogP contribution in [0.2, 0.25) is 0 Å². The second-order valence-corrected chi connectivity index (χ2v) is 11.0. The van der Waals surface area contributed by atoms with Gasteiger partial charge in [-0.1, -0.05) is 0 Å². The van der Waals surface area contributed by atoms with Crippen LogP contribution in [0.1, 0.15) is 6.23 Å². The van der Waals surface area contributed by atoms with Gasteiger partial charge in [0, 0.05) is 0 Å². The summed E-state index contributed by atoms with van der Waals surface area (Å²) in [5.41, 5.74) is 1.77. The van der Waals surface area contributed by atoms with Crippen molar-refractivity contribution in [2.45, 2.75) is 30.2 Å². The summed E-state index contributed by atoms with van der Waals surface area (Å²) in [7, 11) is -17.0. The minimum absolute atomic E-state index is 0.187. The van der Waals surface area contributed by atoms with E-state index in [1.54, 1.807) is 0 Å². The van der Waals surface area contributed by atoms with Crippen LogP contribution in [0.25, 0.3) is 11.2 Å². The molecule has 7 atom stereocenters. The Balaban J connectivity index is 1.50. The lowest BCUT2D eigenvalue weighted by Crippen LogP contribution is -2.34. The number of H-pyrrole nitrogens is 1. The Bertz CT molecular complexity index is 1290. The van der Waals surface area contributed by atoms with Crippen molar-refractivity contribution in [2.24, 2.45) is 0 Å². The summed E-state index contributed by atoms with van der Waals surface area (Å²) in [6.07, 6.45) is -6.48. The number of nitrogens with two attached hydrogens (primary N) is 1. The van der Waals surface area contributed by atoms with Crippen molar-refractivity contribution in [3.63, 3.8) is 0 Å². The number of ether oxygens (including phenoxy) is 1. The third-order valence-electron chi connectivity index (χ3n) is 4.44. The van der Waals surface area contributed by atoms with Crippen molar-refractivity contribution in [1.29, 1.82) is 0 Å². The molecule has 2 aromatic rings. The summed E-state index contributed by atoms with van der Waals surface area (Å²) in [5.74, 6) is -0.313. The van der Waals surface area contributed by atoms with E-state index in [1.807, 2.05) is 0 Å². The molecule has 22 heteroatoms. The molecular weight excluding hydrogens is 510 g/mol. The standard InChI is InChI=1S/C10H13FN5O13P3/c11-3-8(16-1-13-2-6(16)14-9(12)15-7(2)17)26-4-5(10(3,4)18)27-31(22,23)29-32(24,25)28-30(19,20)21/h1,3-5,8,18H,(H,22,23)(H,24,25)(H2,19,20,21)(H3,12,14,15,17)/t3-,4+,5?,8+,10-/m0/s1. The lowest BCUT2D eigenvalue weighted by molar-refractivity contribution is -0.0597. The highest BCUT2D eigenvalue weighted by Gasteiger charge is 2.80. The van der Waals surface area contributed by atoms with Crippen molar-refractivity contribution in [2.75, 3.05) is 5.73 Å². The fourth-order valence-corrected chi connectivity index (χ4v) is 6.42. The van der Waals surface area contributed by atoms with Crippen LogP contribution in [0.15, 0.2) is 11.1 Å². The van der Waals surface area contributed by atoms with E-state index in [0.29, 0.717) is 0 Å². The number of phosphoric acid groups is 3. The Morgan fingerprint density at radius 3 is 2.44 bits per heavy atom. The first-order chi connectivity index (χ1) is 14.5. The van der Waals surface area contributed by atoms with Gasteiger partial charge >= 0.3 is 23.5 Å². The normalized spacial score (nSPS) is 33.6. The van der Waals surface area contributed by atoms with Crippen LogP contribution in [0.4, 0.5) is 10.3 Å². The largest absolute Gasteiger partial charge is 0.490 e. The predicted molar refractivity (Wildman–Crippen MR) is 95.1 cm³/mol. The molecule has 0 bridgehead atoms. The average molecular weight is 523 g/mol. The number of nitrogens with zero attached hydrogens (tertiary/aromatic N) is 3. The predicted octanol–water partition coefficient (Wildman–Crippen LogP) is -1.61. The average Bonchev–Trinajstić information content (AvgIpc) is 2.88. The maximum absolute atomic E-state index is 15.0. The van der Waals surface area contributed by atoms with Crippen LogP contribution < -0.4 is 11.3 Å². The van der Waals surface area contributed by atoms with Crippen molar-refractivity contribution in [3.8, 4) is 0 Å². The molecule has 1 saturated heterocycles. The van der Waals surface area contributed by atoms with Gasteiger partial charge in [-0.15, -0.1) is 0 Å². The summed E-state index contributed by atoms with van der Waals surface area (Å²) in [4.78, 5) is 57.2. The van der Waals surface area contributed by atoms with Gasteiger partial charge in [-0.2, -0.15) is 13.6 Å². The van der Waals surface area contributed by atoms with Gasteiger partial charge in [0.1, 0.15) is 12.2 Å². The molecule has 2 aliphatic rings. The number of aromatic nitrogens is 4. The molecule has 0 amide bonds. The van der Waals surface area contributed by atoms with Crippen LogP contribution in [0, 0.1) is 0 Å². The van der Waals surface area contributed by atoms with E-state index >= 15 is 0 Å². The SMILES string of the molecule is Nc1nc2c(ncn2[C@@H]2O[C@@H]3C(OP(=O)(O)OP(=O)(O)OP(=O)(O)O)[C@]3(O)[C@H]2F)c(=O)[nH]1. The van der Waals surface area contributed by atoms with Gasteiger partial charge in [-0.25, -0.2) is 23.1 Å². The molecule has 3 heterocycles. The monoisotopic (exact) mass is 523 g/mol. The van der Waals surface area contributed by atoms with Crippen LogP contribution in [-0.4, -0.2) is 68.2 Å². The van der Waals surface area contributed by atoms with Crippen LogP contribution in [0.5, 0.6) is 0 Å². The topological polar surface area (TPSA) is 279 Å². The molecule has 18 nitrogen and oxygen atoms in total. The van der Waals surface area contributed by atoms with Gasteiger partial charge < -0.3 is 35.2 Å². The number of aliphatic hydroxyl groups is 1. The van der Waals surface area contributed by atoms with E-state index in [1.165, 1.54) is 0 Å². The number of rotatable bonds is 7. The zero-order chi connectivity index (χ0) is 23.9. The minimum Gasteiger partial charge on any atom is -0.381 e. The molecule has 1 aliphatic heterocycles. The molecule has 1 saturated carbocycles. The number of hydrogen-bond donors (Lipinski definition) is 7. The quantitative estimate of drug-likeness (QED) is 0.201. The number of alkyl halides is 1. The number of phosphoric ester groups is 1. The Morgan fingerprint density at radius 2 is 1.88 bits per heavy atom. The number of nitrogen functional groups attached to an aromatic ring is 1. The van der Waals surface area contributed by atoms with Crippen LogP contribution >= 0.6 is 23.5 Å². The van der Waals surface area contributed by atoms with Gasteiger partial charge in [0.15, 0.2) is 29.2 Å². The zero-order valence-electron chi connectivity index (χ0n) is 15.0. The maximum atomic E-state index is 15.0. The van der Waals surface area contributed by atoms with Crippen molar-refractivity contribution in [1.82, 2.24) is 19.5 Å². The van der Waals surface area contributed by atoms with E-state index in [2.05, 4.69) is 28.1 Å². The Kier molecular flexibility index (Phi) is 5.30. The minimum atomic E-state index is -5.80. The van der Waals surface area contributed by atoms with E-state index in [4.69, 9.17) is 25.2 Å². The molecule has 0 aromatic carbocycles. The number of aromatic amines is 1. The molecule has 4 rings (SSSR count). The fraction of sp³-hybridized carbons (Fsp3) is 0.500. The van der Waals surface area contributed by atoms with Crippen LogP contribution in [0.3, 0.4) is 0 Å². The fourth-order valence-electron chi connectivity index (χ4n) is 3.19. The number of hydrogen-bond acceptors (Lipinski definition) is 12. The molecule has 3 unspecified atom stereocenters.